The van der Waals surface area contributed by atoms with Crippen molar-refractivity contribution in [3.63, 3.8) is 0 Å². The van der Waals surface area contributed by atoms with Crippen LogP contribution in [0.25, 0.3) is 0 Å². The third-order valence-electron chi connectivity index (χ3n) is 3.77. The van der Waals surface area contributed by atoms with Crippen LogP contribution in [-0.2, 0) is 0 Å². The van der Waals surface area contributed by atoms with Crippen molar-refractivity contribution in [1.82, 2.24) is 0 Å². The summed E-state index contributed by atoms with van der Waals surface area (Å²) in [5, 5.41) is 0. The second-order valence-electron chi connectivity index (χ2n) is 5.34. The van der Waals surface area contributed by atoms with E-state index in [2.05, 4.69) is 13.8 Å². The Morgan fingerprint density at radius 3 is 2.29 bits per heavy atom. The molecular formula is C14H28. The van der Waals surface area contributed by atoms with Crippen molar-refractivity contribution < 1.29 is 0 Å². The molecule has 0 aromatic rings. The highest BCUT2D eigenvalue weighted by Crippen LogP contribution is 2.33. The largest absolute Gasteiger partial charge is 0.0654 e. The van der Waals surface area contributed by atoms with Gasteiger partial charge in [-0.05, 0) is 18.3 Å². The lowest BCUT2D eigenvalue weighted by atomic mass is 9.98. The fourth-order valence-corrected chi connectivity index (χ4v) is 2.80. The average Bonchev–Trinajstić information content (AvgIpc) is 2.58. The first-order valence-electron chi connectivity index (χ1n) is 6.83. The zero-order valence-corrected chi connectivity index (χ0v) is 10.2. The third kappa shape index (κ3) is 5.02. The predicted molar refractivity (Wildman–Crippen MR) is 64.5 cm³/mol. The smallest absolute Gasteiger partial charge is 0.0412 e. The first-order valence-corrected chi connectivity index (χ1v) is 6.83. The van der Waals surface area contributed by atoms with Gasteiger partial charge in [0, 0.05) is 0 Å². The normalized spacial score (nSPS) is 27.0. The van der Waals surface area contributed by atoms with Crippen molar-refractivity contribution in [1.29, 1.82) is 0 Å². The fraction of sp³-hybridized carbons (Fsp3) is 1.00. The van der Waals surface area contributed by atoms with E-state index < -0.39 is 0 Å². The first-order chi connectivity index (χ1) is 6.83. The molecule has 0 saturated heterocycles. The molecule has 0 bridgehead atoms. The molecule has 1 aliphatic carbocycles. The Balaban J connectivity index is 1.84. The summed E-state index contributed by atoms with van der Waals surface area (Å²) in [7, 11) is 0. The van der Waals surface area contributed by atoms with Crippen LogP contribution >= 0.6 is 0 Å². The number of hydrogen-bond donors (Lipinski definition) is 0. The molecule has 0 radical (unpaired) electrons. The minimum atomic E-state index is 1.03. The van der Waals surface area contributed by atoms with Gasteiger partial charge in [-0.15, -0.1) is 0 Å². The van der Waals surface area contributed by atoms with Crippen molar-refractivity contribution in [2.45, 2.75) is 78.1 Å². The summed E-state index contributed by atoms with van der Waals surface area (Å²) in [6.07, 6.45) is 14.8. The number of hydrogen-bond acceptors (Lipinski definition) is 0. The Bertz CT molecular complexity index is 128. The van der Waals surface area contributed by atoms with Crippen LogP contribution in [0, 0.1) is 11.8 Å². The molecule has 0 aliphatic heterocycles. The molecule has 0 heterocycles. The maximum Gasteiger partial charge on any atom is -0.0412 e. The van der Waals surface area contributed by atoms with Crippen LogP contribution in [0.15, 0.2) is 0 Å². The Kier molecular flexibility index (Phi) is 6.31. The Morgan fingerprint density at radius 2 is 1.64 bits per heavy atom. The van der Waals surface area contributed by atoms with Gasteiger partial charge in [0.25, 0.3) is 0 Å². The topological polar surface area (TPSA) is 0 Å². The molecule has 2 atom stereocenters. The van der Waals surface area contributed by atoms with Crippen LogP contribution in [0.3, 0.4) is 0 Å². The summed E-state index contributed by atoms with van der Waals surface area (Å²) in [6.45, 7) is 4.71. The zero-order chi connectivity index (χ0) is 10.2. The Morgan fingerprint density at radius 1 is 0.929 bits per heavy atom. The molecule has 1 unspecified atom stereocenters. The van der Waals surface area contributed by atoms with E-state index in [1.807, 2.05) is 0 Å². The van der Waals surface area contributed by atoms with E-state index in [0.717, 1.165) is 11.8 Å². The quantitative estimate of drug-likeness (QED) is 0.493. The minimum absolute atomic E-state index is 1.03. The summed E-state index contributed by atoms with van der Waals surface area (Å²) >= 11 is 0. The molecular weight excluding hydrogens is 168 g/mol. The van der Waals surface area contributed by atoms with E-state index in [4.69, 9.17) is 0 Å². The van der Waals surface area contributed by atoms with E-state index >= 15 is 0 Å². The Hall–Kier alpha value is 0. The molecule has 0 N–H and O–H groups in total. The van der Waals surface area contributed by atoms with Gasteiger partial charge in [-0.2, -0.15) is 0 Å². The predicted octanol–water partition coefficient (Wildman–Crippen LogP) is 5.17. The van der Waals surface area contributed by atoms with Gasteiger partial charge >= 0.3 is 0 Å². The highest BCUT2D eigenvalue weighted by molar-refractivity contribution is 4.72. The monoisotopic (exact) mass is 196 g/mol. The van der Waals surface area contributed by atoms with Crippen molar-refractivity contribution in [2.75, 3.05) is 0 Å². The summed E-state index contributed by atoms with van der Waals surface area (Å²) in [5.74, 6) is 2.12. The van der Waals surface area contributed by atoms with Crippen LogP contribution in [0.5, 0.6) is 0 Å². The van der Waals surface area contributed by atoms with E-state index in [0.29, 0.717) is 0 Å². The highest BCUT2D eigenvalue weighted by Gasteiger charge is 2.20. The van der Waals surface area contributed by atoms with Crippen LogP contribution in [0.4, 0.5) is 0 Å². The van der Waals surface area contributed by atoms with Crippen molar-refractivity contribution >= 4 is 0 Å². The number of rotatable bonds is 7. The van der Waals surface area contributed by atoms with Gasteiger partial charge in [-0.25, -0.2) is 0 Å². The molecule has 1 rings (SSSR count). The van der Waals surface area contributed by atoms with Crippen molar-refractivity contribution in [3.8, 4) is 0 Å². The van der Waals surface area contributed by atoms with Crippen molar-refractivity contribution in [3.05, 3.63) is 0 Å². The average molecular weight is 196 g/mol. The van der Waals surface area contributed by atoms with E-state index in [1.165, 1.54) is 64.2 Å². The zero-order valence-electron chi connectivity index (χ0n) is 10.2. The summed E-state index contributed by atoms with van der Waals surface area (Å²) in [4.78, 5) is 0. The molecule has 84 valence electrons. The van der Waals surface area contributed by atoms with Crippen LogP contribution < -0.4 is 0 Å². The van der Waals surface area contributed by atoms with Crippen LogP contribution in [-0.4, -0.2) is 0 Å². The second-order valence-corrected chi connectivity index (χ2v) is 5.34. The third-order valence-corrected chi connectivity index (χ3v) is 3.77. The van der Waals surface area contributed by atoms with Gasteiger partial charge < -0.3 is 0 Å². The minimum Gasteiger partial charge on any atom is -0.0654 e. The summed E-state index contributed by atoms with van der Waals surface area (Å²) < 4.78 is 0. The standard InChI is InChI=1S/C14H28/c1-3-4-5-6-7-8-9-14-11-10-13(2)12-14/h13-14H,3-12H2,1-2H3/t13-,14?/m0/s1. The molecule has 0 amide bonds. The van der Waals surface area contributed by atoms with Crippen LogP contribution in [0.1, 0.15) is 78.1 Å². The van der Waals surface area contributed by atoms with Crippen LogP contribution in [0.2, 0.25) is 0 Å². The van der Waals surface area contributed by atoms with Crippen molar-refractivity contribution in [2.24, 2.45) is 11.8 Å². The molecule has 0 aromatic carbocycles. The lowest BCUT2D eigenvalue weighted by Gasteiger charge is -2.08. The first kappa shape index (κ1) is 12.1. The molecule has 1 aliphatic rings. The summed E-state index contributed by atoms with van der Waals surface area (Å²) in [5.41, 5.74) is 0. The molecule has 0 aromatic heterocycles. The lowest BCUT2D eigenvalue weighted by Crippen LogP contribution is -1.94. The van der Waals surface area contributed by atoms with Gasteiger partial charge in [0.2, 0.25) is 0 Å². The van der Waals surface area contributed by atoms with E-state index in [1.54, 1.807) is 0 Å². The molecule has 1 fully saturated rings. The van der Waals surface area contributed by atoms with Gasteiger partial charge in [0.15, 0.2) is 0 Å². The molecule has 1 saturated carbocycles. The van der Waals surface area contributed by atoms with Gasteiger partial charge in [-0.3, -0.25) is 0 Å². The lowest BCUT2D eigenvalue weighted by molar-refractivity contribution is 0.447. The molecule has 0 nitrogen and oxygen atoms in total. The Labute approximate surface area is 90.5 Å². The van der Waals surface area contributed by atoms with E-state index in [9.17, 15) is 0 Å². The molecule has 0 spiro atoms. The maximum atomic E-state index is 2.42. The summed E-state index contributed by atoms with van der Waals surface area (Å²) in [6, 6.07) is 0. The number of unbranched alkanes of at least 4 members (excludes halogenated alkanes) is 5. The second kappa shape index (κ2) is 7.31. The van der Waals surface area contributed by atoms with Gasteiger partial charge in [0.05, 0.1) is 0 Å². The molecule has 0 heteroatoms. The van der Waals surface area contributed by atoms with Gasteiger partial charge in [0.1, 0.15) is 0 Å². The van der Waals surface area contributed by atoms with Gasteiger partial charge in [-0.1, -0.05) is 71.6 Å². The SMILES string of the molecule is CCCCCCCCC1CC[C@H](C)C1. The molecule has 14 heavy (non-hydrogen) atoms. The highest BCUT2D eigenvalue weighted by atomic mass is 14.3. The fourth-order valence-electron chi connectivity index (χ4n) is 2.80. The maximum absolute atomic E-state index is 2.42. The van der Waals surface area contributed by atoms with E-state index in [-0.39, 0.29) is 0 Å².